The summed E-state index contributed by atoms with van der Waals surface area (Å²) in [5.74, 6) is 0.963. The quantitative estimate of drug-likeness (QED) is 0.576. The Morgan fingerprint density at radius 1 is 1.36 bits per heavy atom. The maximum Gasteiger partial charge on any atom is 0.168 e. The fraction of sp³-hybridized carbons (Fsp3) is 0.857. The first-order valence-electron chi connectivity index (χ1n) is 4.08. The molecule has 2 aliphatic rings. The minimum absolute atomic E-state index is 0.789. The predicted octanol–water partition coefficient (Wildman–Crippen LogP) is 0.0911. The van der Waals surface area contributed by atoms with E-state index in [1.54, 1.807) is 0 Å². The number of rotatable bonds is 2. The van der Waals surface area contributed by atoms with E-state index < -0.39 is 0 Å². The van der Waals surface area contributed by atoms with Crippen molar-refractivity contribution in [1.29, 1.82) is 0 Å². The van der Waals surface area contributed by atoms with Crippen LogP contribution in [0.3, 0.4) is 0 Å². The van der Waals surface area contributed by atoms with E-state index in [2.05, 4.69) is 15.5 Å². The van der Waals surface area contributed by atoms with Gasteiger partial charge in [0, 0.05) is 6.54 Å². The van der Waals surface area contributed by atoms with E-state index in [9.17, 15) is 0 Å². The molecule has 1 aliphatic carbocycles. The number of hydrogen-bond donors (Lipinski definition) is 2. The van der Waals surface area contributed by atoms with Crippen LogP contribution in [0.15, 0.2) is 0 Å². The van der Waals surface area contributed by atoms with Crippen LogP contribution in [0.4, 0.5) is 0 Å². The van der Waals surface area contributed by atoms with Gasteiger partial charge >= 0.3 is 0 Å². The van der Waals surface area contributed by atoms with Crippen molar-refractivity contribution in [1.82, 2.24) is 15.5 Å². The monoisotopic (exact) mass is 171 g/mol. The summed E-state index contributed by atoms with van der Waals surface area (Å²) in [5.41, 5.74) is 0. The highest BCUT2D eigenvalue weighted by Crippen LogP contribution is 2.29. The highest BCUT2D eigenvalue weighted by Gasteiger charge is 2.25. The average Bonchev–Trinajstić information content (AvgIpc) is 2.78. The molecule has 1 saturated heterocycles. The van der Waals surface area contributed by atoms with E-state index in [0.717, 1.165) is 24.4 Å². The molecule has 1 heterocycles. The molecule has 0 spiro atoms. The van der Waals surface area contributed by atoms with E-state index in [1.807, 2.05) is 0 Å². The van der Waals surface area contributed by atoms with Crippen molar-refractivity contribution in [2.75, 3.05) is 19.9 Å². The van der Waals surface area contributed by atoms with E-state index in [1.165, 1.54) is 19.4 Å². The Hall–Kier alpha value is -0.350. The molecule has 3 nitrogen and oxygen atoms in total. The molecule has 4 heteroatoms. The molecule has 11 heavy (non-hydrogen) atoms. The number of nitrogens with one attached hydrogen (secondary N) is 2. The van der Waals surface area contributed by atoms with Gasteiger partial charge in [0.25, 0.3) is 0 Å². The lowest BCUT2D eigenvalue weighted by Gasteiger charge is -2.29. The summed E-state index contributed by atoms with van der Waals surface area (Å²) >= 11 is 4.94. The molecular weight excluding hydrogens is 158 g/mol. The SMILES string of the molecule is S=C1NCN(CC2CC2)CN1. The molecular formula is C7H13N3S. The summed E-state index contributed by atoms with van der Waals surface area (Å²) in [4.78, 5) is 2.35. The molecule has 0 unspecified atom stereocenters. The molecule has 0 aromatic carbocycles. The standard InChI is InChI=1S/C7H13N3S/c11-7-8-4-10(5-9-7)3-6-1-2-6/h6H,1-5H2,(H2,8,9,11). The van der Waals surface area contributed by atoms with Gasteiger partial charge in [-0.1, -0.05) is 0 Å². The van der Waals surface area contributed by atoms with Gasteiger partial charge in [-0.3, -0.25) is 4.90 Å². The topological polar surface area (TPSA) is 27.3 Å². The third-order valence-corrected chi connectivity index (χ3v) is 2.43. The fourth-order valence-corrected chi connectivity index (χ4v) is 1.41. The Bertz CT molecular complexity index is 157. The van der Waals surface area contributed by atoms with Gasteiger partial charge in [-0.2, -0.15) is 0 Å². The van der Waals surface area contributed by atoms with Crippen LogP contribution in [0.1, 0.15) is 12.8 Å². The molecule has 2 N–H and O–H groups in total. The Kier molecular flexibility index (Phi) is 1.96. The number of thiocarbonyl (C=S) groups is 1. The normalized spacial score (nSPS) is 26.0. The van der Waals surface area contributed by atoms with Crippen molar-refractivity contribution >= 4 is 17.3 Å². The Morgan fingerprint density at radius 2 is 2.00 bits per heavy atom. The van der Waals surface area contributed by atoms with Crippen LogP contribution in [0.2, 0.25) is 0 Å². The molecule has 0 aromatic heterocycles. The van der Waals surface area contributed by atoms with E-state index in [-0.39, 0.29) is 0 Å². The van der Waals surface area contributed by atoms with Gasteiger partial charge in [-0.05, 0) is 31.0 Å². The van der Waals surface area contributed by atoms with Crippen molar-refractivity contribution in [2.24, 2.45) is 5.92 Å². The van der Waals surface area contributed by atoms with E-state index in [4.69, 9.17) is 12.2 Å². The summed E-state index contributed by atoms with van der Waals surface area (Å²) in [6, 6.07) is 0. The Morgan fingerprint density at radius 3 is 2.55 bits per heavy atom. The summed E-state index contributed by atoms with van der Waals surface area (Å²) in [5, 5.41) is 7.01. The van der Waals surface area contributed by atoms with Gasteiger partial charge in [-0.15, -0.1) is 0 Å². The second kappa shape index (κ2) is 2.95. The summed E-state index contributed by atoms with van der Waals surface area (Å²) in [6.45, 7) is 3.06. The molecule has 0 radical (unpaired) electrons. The minimum atomic E-state index is 0.789. The van der Waals surface area contributed by atoms with Crippen LogP contribution in [0, 0.1) is 5.92 Å². The summed E-state index contributed by atoms with van der Waals surface area (Å²) in [6.07, 6.45) is 2.84. The highest BCUT2D eigenvalue weighted by atomic mass is 32.1. The summed E-state index contributed by atoms with van der Waals surface area (Å²) < 4.78 is 0. The lowest BCUT2D eigenvalue weighted by molar-refractivity contribution is 0.235. The van der Waals surface area contributed by atoms with Gasteiger partial charge in [0.1, 0.15) is 0 Å². The molecule has 1 saturated carbocycles. The van der Waals surface area contributed by atoms with Crippen LogP contribution >= 0.6 is 12.2 Å². The molecule has 0 bridgehead atoms. The smallest absolute Gasteiger partial charge is 0.168 e. The van der Waals surface area contributed by atoms with Crippen LogP contribution in [0.5, 0.6) is 0 Å². The largest absolute Gasteiger partial charge is 0.350 e. The molecule has 0 amide bonds. The first-order valence-corrected chi connectivity index (χ1v) is 4.49. The van der Waals surface area contributed by atoms with Crippen LogP contribution in [-0.4, -0.2) is 29.9 Å². The molecule has 2 rings (SSSR count). The maximum atomic E-state index is 4.94. The molecule has 0 atom stereocenters. The molecule has 62 valence electrons. The first-order chi connectivity index (χ1) is 5.34. The highest BCUT2D eigenvalue weighted by molar-refractivity contribution is 7.80. The second-order valence-corrected chi connectivity index (χ2v) is 3.70. The number of hydrogen-bond acceptors (Lipinski definition) is 2. The van der Waals surface area contributed by atoms with Crippen molar-refractivity contribution in [3.8, 4) is 0 Å². The Balaban J connectivity index is 1.73. The van der Waals surface area contributed by atoms with Crippen molar-refractivity contribution in [3.63, 3.8) is 0 Å². The zero-order chi connectivity index (χ0) is 7.68. The maximum absolute atomic E-state index is 4.94. The van der Waals surface area contributed by atoms with Crippen LogP contribution < -0.4 is 10.6 Å². The molecule has 1 aliphatic heterocycles. The summed E-state index contributed by atoms with van der Waals surface area (Å²) in [7, 11) is 0. The lowest BCUT2D eigenvalue weighted by Crippen LogP contribution is -2.54. The zero-order valence-corrected chi connectivity index (χ0v) is 7.28. The fourth-order valence-electron chi connectivity index (χ4n) is 1.28. The third-order valence-electron chi connectivity index (χ3n) is 2.14. The molecule has 0 aromatic rings. The van der Waals surface area contributed by atoms with Crippen molar-refractivity contribution in [3.05, 3.63) is 0 Å². The van der Waals surface area contributed by atoms with Gasteiger partial charge in [0.05, 0.1) is 13.3 Å². The second-order valence-electron chi connectivity index (χ2n) is 3.30. The Labute approximate surface area is 72.1 Å². The van der Waals surface area contributed by atoms with E-state index in [0.29, 0.717) is 0 Å². The van der Waals surface area contributed by atoms with Crippen molar-refractivity contribution < 1.29 is 0 Å². The average molecular weight is 171 g/mol. The molecule has 2 fully saturated rings. The van der Waals surface area contributed by atoms with Gasteiger partial charge in [-0.25, -0.2) is 0 Å². The van der Waals surface area contributed by atoms with Gasteiger partial charge in [0.2, 0.25) is 0 Å². The van der Waals surface area contributed by atoms with E-state index >= 15 is 0 Å². The van der Waals surface area contributed by atoms with Crippen molar-refractivity contribution in [2.45, 2.75) is 12.8 Å². The predicted molar refractivity (Wildman–Crippen MR) is 48.0 cm³/mol. The van der Waals surface area contributed by atoms with Crippen LogP contribution in [0.25, 0.3) is 0 Å². The lowest BCUT2D eigenvalue weighted by atomic mass is 10.4. The third kappa shape index (κ3) is 2.04. The van der Waals surface area contributed by atoms with Gasteiger partial charge < -0.3 is 10.6 Å². The zero-order valence-electron chi connectivity index (χ0n) is 6.47. The van der Waals surface area contributed by atoms with Gasteiger partial charge in [0.15, 0.2) is 5.11 Å². The number of nitrogens with zero attached hydrogens (tertiary/aromatic N) is 1. The van der Waals surface area contributed by atoms with Crippen LogP contribution in [-0.2, 0) is 0 Å². The minimum Gasteiger partial charge on any atom is -0.350 e. The first kappa shape index (κ1) is 7.31.